The molecular weight excluding hydrogens is 236 g/mol. The van der Waals surface area contributed by atoms with Crippen molar-refractivity contribution in [3.63, 3.8) is 0 Å². The van der Waals surface area contributed by atoms with Gasteiger partial charge >= 0.3 is 0 Å². The van der Waals surface area contributed by atoms with Crippen molar-refractivity contribution < 1.29 is 4.79 Å². The highest BCUT2D eigenvalue weighted by molar-refractivity contribution is 5.83. The van der Waals surface area contributed by atoms with Gasteiger partial charge in [0.15, 0.2) is 0 Å². The molecule has 1 N–H and O–H groups in total. The molecule has 0 aromatic heterocycles. The summed E-state index contributed by atoms with van der Waals surface area (Å²) in [4.78, 5) is 15.1. The molecule has 1 saturated carbocycles. The van der Waals surface area contributed by atoms with Crippen molar-refractivity contribution >= 4 is 5.91 Å². The van der Waals surface area contributed by atoms with Crippen LogP contribution in [0.5, 0.6) is 0 Å². The third-order valence-electron chi connectivity index (χ3n) is 5.60. The van der Waals surface area contributed by atoms with Crippen molar-refractivity contribution in [3.8, 4) is 0 Å². The Labute approximate surface area is 118 Å². The quantitative estimate of drug-likeness (QED) is 0.852. The number of nitrogens with zero attached hydrogens (tertiary/aromatic N) is 1. The number of carbonyl (C=O) groups is 1. The molecule has 0 aromatic carbocycles. The number of hydrogen-bond donors (Lipinski definition) is 1. The van der Waals surface area contributed by atoms with Crippen LogP contribution in [0.3, 0.4) is 0 Å². The summed E-state index contributed by atoms with van der Waals surface area (Å²) in [6.07, 6.45) is 6.06. The van der Waals surface area contributed by atoms with Gasteiger partial charge in [-0.1, -0.05) is 33.6 Å². The Morgan fingerprint density at radius 2 is 2.00 bits per heavy atom. The summed E-state index contributed by atoms with van der Waals surface area (Å²) in [6.45, 7) is 8.54. The lowest BCUT2D eigenvalue weighted by Crippen LogP contribution is -2.52. The van der Waals surface area contributed by atoms with E-state index in [-0.39, 0.29) is 5.41 Å². The molecule has 2 fully saturated rings. The lowest BCUT2D eigenvalue weighted by Gasteiger charge is -2.42. The molecule has 3 nitrogen and oxygen atoms in total. The molecule has 2 rings (SSSR count). The molecule has 0 radical (unpaired) electrons. The van der Waals surface area contributed by atoms with Gasteiger partial charge in [-0.2, -0.15) is 0 Å². The smallest absolute Gasteiger partial charge is 0.230 e. The van der Waals surface area contributed by atoms with E-state index in [9.17, 15) is 4.79 Å². The number of amides is 1. The first-order chi connectivity index (χ1) is 8.99. The van der Waals surface area contributed by atoms with Crippen molar-refractivity contribution in [2.75, 3.05) is 20.1 Å². The van der Waals surface area contributed by atoms with Crippen LogP contribution in [0.4, 0.5) is 0 Å². The van der Waals surface area contributed by atoms with E-state index in [4.69, 9.17) is 0 Å². The van der Waals surface area contributed by atoms with Crippen LogP contribution < -0.4 is 5.32 Å². The van der Waals surface area contributed by atoms with Crippen molar-refractivity contribution in [3.05, 3.63) is 0 Å². The van der Waals surface area contributed by atoms with Crippen molar-refractivity contribution in [1.29, 1.82) is 0 Å². The van der Waals surface area contributed by atoms with Crippen LogP contribution in [-0.2, 0) is 4.79 Å². The molecule has 1 aliphatic carbocycles. The van der Waals surface area contributed by atoms with E-state index in [0.717, 1.165) is 19.5 Å². The Kier molecular flexibility index (Phi) is 4.54. The minimum absolute atomic E-state index is 0.161. The Bertz CT molecular complexity index is 321. The van der Waals surface area contributed by atoms with Gasteiger partial charge in [-0.25, -0.2) is 0 Å². The fourth-order valence-corrected chi connectivity index (χ4v) is 4.01. The molecule has 1 saturated heterocycles. The molecule has 19 heavy (non-hydrogen) atoms. The molecule has 3 atom stereocenters. The summed E-state index contributed by atoms with van der Waals surface area (Å²) < 4.78 is 0. The lowest BCUT2D eigenvalue weighted by atomic mass is 9.74. The van der Waals surface area contributed by atoms with Gasteiger partial charge in [0.05, 0.1) is 5.41 Å². The summed E-state index contributed by atoms with van der Waals surface area (Å²) in [5.74, 6) is 1.45. The lowest BCUT2D eigenvalue weighted by molar-refractivity contribution is -0.146. The van der Waals surface area contributed by atoms with E-state index < -0.39 is 0 Å². The van der Waals surface area contributed by atoms with Gasteiger partial charge in [-0.05, 0) is 37.6 Å². The second kappa shape index (κ2) is 5.82. The van der Waals surface area contributed by atoms with Crippen LogP contribution in [0.15, 0.2) is 0 Å². The van der Waals surface area contributed by atoms with E-state index in [1.165, 1.54) is 25.7 Å². The molecule has 3 heteroatoms. The number of carbonyl (C=O) groups excluding carboxylic acids is 1. The summed E-state index contributed by atoms with van der Waals surface area (Å²) in [5, 5.41) is 3.40. The van der Waals surface area contributed by atoms with E-state index in [1.807, 2.05) is 7.05 Å². The standard InChI is InChI=1S/C16H30N2O/c1-12(2)16(9-10-17-11-16)15(19)18(4)14-8-6-5-7-13(14)3/h12-14,17H,5-11H2,1-4H3. The minimum atomic E-state index is -0.161. The second-order valence-corrected chi connectivity index (χ2v) is 6.98. The third kappa shape index (κ3) is 2.67. The molecule has 3 unspecified atom stereocenters. The van der Waals surface area contributed by atoms with E-state index >= 15 is 0 Å². The average molecular weight is 266 g/mol. The SMILES string of the molecule is CC1CCCCC1N(C)C(=O)C1(C(C)C)CCNC1. The molecule has 0 bridgehead atoms. The van der Waals surface area contributed by atoms with Crippen molar-refractivity contribution in [1.82, 2.24) is 10.2 Å². The maximum absolute atomic E-state index is 13.0. The van der Waals surface area contributed by atoms with Gasteiger partial charge in [-0.15, -0.1) is 0 Å². The van der Waals surface area contributed by atoms with Crippen molar-refractivity contribution in [2.24, 2.45) is 17.3 Å². The van der Waals surface area contributed by atoms with Gasteiger partial charge in [0.2, 0.25) is 5.91 Å². The van der Waals surface area contributed by atoms with Crippen LogP contribution in [0, 0.1) is 17.3 Å². The summed E-state index contributed by atoms with van der Waals surface area (Å²) in [7, 11) is 2.04. The summed E-state index contributed by atoms with van der Waals surface area (Å²) in [6, 6.07) is 0.456. The van der Waals surface area contributed by atoms with Gasteiger partial charge in [-0.3, -0.25) is 4.79 Å². The Morgan fingerprint density at radius 3 is 2.53 bits per heavy atom. The van der Waals surface area contributed by atoms with E-state index in [1.54, 1.807) is 0 Å². The fourth-order valence-electron chi connectivity index (χ4n) is 4.01. The van der Waals surface area contributed by atoms with Gasteiger partial charge in [0, 0.05) is 19.6 Å². The summed E-state index contributed by atoms with van der Waals surface area (Å²) in [5.41, 5.74) is -0.161. The van der Waals surface area contributed by atoms with E-state index in [0.29, 0.717) is 23.8 Å². The van der Waals surface area contributed by atoms with Gasteiger partial charge in [0.1, 0.15) is 0 Å². The third-order valence-corrected chi connectivity index (χ3v) is 5.60. The van der Waals surface area contributed by atoms with Crippen LogP contribution in [-0.4, -0.2) is 37.0 Å². The Hall–Kier alpha value is -0.570. The zero-order valence-corrected chi connectivity index (χ0v) is 13.0. The summed E-state index contributed by atoms with van der Waals surface area (Å²) >= 11 is 0. The fraction of sp³-hybridized carbons (Fsp3) is 0.938. The highest BCUT2D eigenvalue weighted by Gasteiger charge is 2.46. The number of nitrogens with one attached hydrogen (secondary N) is 1. The van der Waals surface area contributed by atoms with Crippen LogP contribution in [0.2, 0.25) is 0 Å². The number of rotatable bonds is 3. The molecule has 0 spiro atoms. The maximum Gasteiger partial charge on any atom is 0.230 e. The molecule has 1 heterocycles. The highest BCUT2D eigenvalue weighted by Crippen LogP contribution is 2.38. The molecule has 1 amide bonds. The zero-order valence-electron chi connectivity index (χ0n) is 13.0. The molecule has 2 aliphatic rings. The monoisotopic (exact) mass is 266 g/mol. The van der Waals surface area contributed by atoms with Crippen LogP contribution in [0.1, 0.15) is 52.9 Å². The first kappa shape index (κ1) is 14.8. The van der Waals surface area contributed by atoms with Gasteiger partial charge < -0.3 is 10.2 Å². The normalized spacial score (nSPS) is 35.6. The average Bonchev–Trinajstić information content (AvgIpc) is 2.88. The molecule has 0 aromatic rings. The number of hydrogen-bond acceptors (Lipinski definition) is 2. The largest absolute Gasteiger partial charge is 0.342 e. The zero-order chi connectivity index (χ0) is 14.0. The van der Waals surface area contributed by atoms with Gasteiger partial charge in [0.25, 0.3) is 0 Å². The predicted molar refractivity (Wildman–Crippen MR) is 78.9 cm³/mol. The Morgan fingerprint density at radius 1 is 1.32 bits per heavy atom. The van der Waals surface area contributed by atoms with Crippen molar-refractivity contribution in [2.45, 2.75) is 58.9 Å². The first-order valence-electron chi connectivity index (χ1n) is 7.97. The Balaban J connectivity index is 2.12. The van der Waals surface area contributed by atoms with Crippen LogP contribution in [0.25, 0.3) is 0 Å². The first-order valence-corrected chi connectivity index (χ1v) is 7.97. The highest BCUT2D eigenvalue weighted by atomic mass is 16.2. The topological polar surface area (TPSA) is 32.3 Å². The van der Waals surface area contributed by atoms with Crippen LogP contribution >= 0.6 is 0 Å². The minimum Gasteiger partial charge on any atom is -0.342 e. The maximum atomic E-state index is 13.0. The predicted octanol–water partition coefficient (Wildman–Crippen LogP) is 2.66. The molecular formula is C16H30N2O. The molecule has 1 aliphatic heterocycles. The van der Waals surface area contributed by atoms with E-state index in [2.05, 4.69) is 31.0 Å². The second-order valence-electron chi connectivity index (χ2n) is 6.98. The molecule has 110 valence electrons.